The van der Waals surface area contributed by atoms with Crippen LogP contribution in [0, 0.1) is 11.8 Å². The van der Waals surface area contributed by atoms with E-state index in [2.05, 4.69) is 5.32 Å². The third-order valence-electron chi connectivity index (χ3n) is 7.24. The van der Waals surface area contributed by atoms with Gasteiger partial charge in [-0.3, -0.25) is 19.7 Å². The van der Waals surface area contributed by atoms with Crippen LogP contribution < -0.4 is 29.2 Å². The number of carbonyl (C=O) groups is 3. The number of nitrogens with one attached hydrogen (secondary N) is 1. The summed E-state index contributed by atoms with van der Waals surface area (Å²) in [7, 11) is 4.35. The number of fused-ring (bicyclic) bond motifs is 2. The summed E-state index contributed by atoms with van der Waals surface area (Å²) in [6, 6.07) is 9.47. The molecule has 2 fully saturated rings. The normalized spacial score (nSPS) is 26.2. The van der Waals surface area contributed by atoms with Gasteiger partial charge in [-0.15, -0.1) is 0 Å². The minimum atomic E-state index is -1.39. The molecule has 0 aliphatic carbocycles. The summed E-state index contributed by atoms with van der Waals surface area (Å²) in [4.78, 5) is 42.4. The van der Waals surface area contributed by atoms with Gasteiger partial charge in [-0.25, -0.2) is 4.90 Å². The fraction of sp³-hybridized carbons (Fsp3) is 0.423. The number of imide groups is 1. The molecule has 0 aromatic heterocycles. The van der Waals surface area contributed by atoms with E-state index in [9.17, 15) is 14.4 Å². The Kier molecular flexibility index (Phi) is 5.99. The van der Waals surface area contributed by atoms with Crippen molar-refractivity contribution < 1.29 is 38.1 Å². The number of hydrogen-bond donors (Lipinski definition) is 1. The molecular weight excluding hydrogens is 468 g/mol. The molecule has 10 nitrogen and oxygen atoms in total. The van der Waals surface area contributed by atoms with Crippen LogP contribution in [-0.2, 0) is 19.1 Å². The summed E-state index contributed by atoms with van der Waals surface area (Å²) in [6.07, 6.45) is 0.896. The highest BCUT2D eigenvalue weighted by Crippen LogP contribution is 2.53. The number of nitrogens with zero attached hydrogens (tertiary/aromatic N) is 1. The first-order chi connectivity index (χ1) is 17.4. The third kappa shape index (κ3) is 3.39. The number of anilines is 1. The molecule has 1 N–H and O–H groups in total. The van der Waals surface area contributed by atoms with Gasteiger partial charge in [0.2, 0.25) is 18.6 Å². The molecule has 10 heteroatoms. The first-order valence-corrected chi connectivity index (χ1v) is 11.8. The molecule has 0 radical (unpaired) electrons. The van der Waals surface area contributed by atoms with Crippen molar-refractivity contribution in [1.82, 2.24) is 5.32 Å². The van der Waals surface area contributed by atoms with Crippen LogP contribution in [0.15, 0.2) is 36.4 Å². The van der Waals surface area contributed by atoms with E-state index in [1.54, 1.807) is 43.5 Å². The SMILES string of the molecule is CCC[C@]1(C(=O)OC)N[C@H](c2ccc(OC)cc2OC)[C@@H]2C(=O)N(c3ccc4c(c3)OCO4)C(=O)[C@H]21. The Bertz CT molecular complexity index is 1230. The van der Waals surface area contributed by atoms with Crippen LogP contribution in [0.5, 0.6) is 23.0 Å². The van der Waals surface area contributed by atoms with E-state index in [0.717, 1.165) is 4.90 Å². The van der Waals surface area contributed by atoms with Crippen molar-refractivity contribution >= 4 is 23.5 Å². The monoisotopic (exact) mass is 496 g/mol. The number of esters is 1. The van der Waals surface area contributed by atoms with E-state index in [4.69, 9.17) is 23.7 Å². The molecule has 4 atom stereocenters. The lowest BCUT2D eigenvalue weighted by atomic mass is 9.77. The van der Waals surface area contributed by atoms with Crippen molar-refractivity contribution in [2.75, 3.05) is 33.0 Å². The van der Waals surface area contributed by atoms with Gasteiger partial charge in [-0.05, 0) is 24.6 Å². The van der Waals surface area contributed by atoms with Gasteiger partial charge in [-0.2, -0.15) is 0 Å². The van der Waals surface area contributed by atoms with E-state index in [1.807, 2.05) is 6.92 Å². The molecule has 190 valence electrons. The fourth-order valence-corrected chi connectivity index (χ4v) is 5.72. The van der Waals surface area contributed by atoms with Crippen molar-refractivity contribution in [3.05, 3.63) is 42.0 Å². The quantitative estimate of drug-likeness (QED) is 0.457. The highest BCUT2D eigenvalue weighted by molar-refractivity contribution is 6.24. The third-order valence-corrected chi connectivity index (χ3v) is 7.24. The number of amides is 2. The molecule has 0 saturated carbocycles. The average Bonchev–Trinajstić information content (AvgIpc) is 3.57. The van der Waals surface area contributed by atoms with Crippen LogP contribution in [0.4, 0.5) is 5.69 Å². The van der Waals surface area contributed by atoms with Crippen LogP contribution in [0.25, 0.3) is 0 Å². The summed E-state index contributed by atoms with van der Waals surface area (Å²) in [5.74, 6) is -1.26. The predicted octanol–water partition coefficient (Wildman–Crippen LogP) is 2.59. The molecule has 2 aromatic carbocycles. The lowest BCUT2D eigenvalue weighted by Crippen LogP contribution is -2.56. The predicted molar refractivity (Wildman–Crippen MR) is 127 cm³/mol. The number of methoxy groups -OCH3 is 3. The van der Waals surface area contributed by atoms with Gasteiger partial charge in [0.15, 0.2) is 11.5 Å². The van der Waals surface area contributed by atoms with Gasteiger partial charge >= 0.3 is 5.97 Å². The maximum atomic E-state index is 14.0. The fourth-order valence-electron chi connectivity index (χ4n) is 5.72. The zero-order valence-electron chi connectivity index (χ0n) is 20.5. The summed E-state index contributed by atoms with van der Waals surface area (Å²) >= 11 is 0. The molecule has 36 heavy (non-hydrogen) atoms. The van der Waals surface area contributed by atoms with Gasteiger partial charge in [0.25, 0.3) is 0 Å². The van der Waals surface area contributed by atoms with Gasteiger partial charge in [0, 0.05) is 23.7 Å². The van der Waals surface area contributed by atoms with E-state index in [0.29, 0.717) is 47.1 Å². The Morgan fingerprint density at radius 3 is 2.53 bits per heavy atom. The van der Waals surface area contributed by atoms with Gasteiger partial charge in [-0.1, -0.05) is 19.4 Å². The molecule has 2 saturated heterocycles. The van der Waals surface area contributed by atoms with Gasteiger partial charge < -0.3 is 23.7 Å². The highest BCUT2D eigenvalue weighted by Gasteiger charge is 2.68. The lowest BCUT2D eigenvalue weighted by molar-refractivity contribution is -0.152. The molecule has 0 spiro atoms. The van der Waals surface area contributed by atoms with Crippen molar-refractivity contribution in [1.29, 1.82) is 0 Å². The molecule has 5 rings (SSSR count). The number of hydrogen-bond acceptors (Lipinski definition) is 9. The molecule has 2 aromatic rings. The van der Waals surface area contributed by atoms with Crippen molar-refractivity contribution in [2.45, 2.75) is 31.3 Å². The van der Waals surface area contributed by atoms with Crippen molar-refractivity contribution in [2.24, 2.45) is 11.8 Å². The summed E-state index contributed by atoms with van der Waals surface area (Å²) in [5.41, 5.74) is -0.384. The van der Waals surface area contributed by atoms with E-state index >= 15 is 0 Å². The largest absolute Gasteiger partial charge is 0.497 e. The number of carbonyl (C=O) groups excluding carboxylic acids is 3. The average molecular weight is 497 g/mol. The van der Waals surface area contributed by atoms with Crippen molar-refractivity contribution in [3.63, 3.8) is 0 Å². The minimum Gasteiger partial charge on any atom is -0.497 e. The Labute approximate surface area is 208 Å². The smallest absolute Gasteiger partial charge is 0.326 e. The van der Waals surface area contributed by atoms with E-state index in [-0.39, 0.29) is 6.79 Å². The van der Waals surface area contributed by atoms with Gasteiger partial charge in [0.1, 0.15) is 17.0 Å². The van der Waals surface area contributed by atoms with Crippen LogP contribution in [-0.4, -0.2) is 51.4 Å². The molecule has 3 aliphatic rings. The number of ether oxygens (including phenoxy) is 5. The van der Waals surface area contributed by atoms with E-state index < -0.39 is 41.2 Å². The molecular formula is C26H28N2O8. The summed E-state index contributed by atoms with van der Waals surface area (Å²) in [5, 5.41) is 3.35. The molecule has 2 amide bonds. The first-order valence-electron chi connectivity index (χ1n) is 11.8. The Hall–Kier alpha value is -3.79. The standard InChI is InChI=1S/C26H28N2O8/c1-5-10-26(25(31)34-4)21-20(22(27-26)16-8-7-15(32-2)12-18(16)33-3)23(29)28(24(21)30)14-6-9-17-19(11-14)36-13-35-17/h6-9,11-12,20-22,27H,5,10,13H2,1-4H3/t20-,21+,22-,26+/m1/s1. The second-order valence-electron chi connectivity index (χ2n) is 9.00. The molecule has 3 heterocycles. The minimum absolute atomic E-state index is 0.0666. The molecule has 0 bridgehead atoms. The maximum Gasteiger partial charge on any atom is 0.326 e. The Morgan fingerprint density at radius 1 is 1.06 bits per heavy atom. The van der Waals surface area contributed by atoms with Crippen LogP contribution in [0.3, 0.4) is 0 Å². The second kappa shape index (κ2) is 9.02. The zero-order valence-corrected chi connectivity index (χ0v) is 20.5. The highest BCUT2D eigenvalue weighted by atomic mass is 16.7. The first kappa shape index (κ1) is 23.9. The second-order valence-corrected chi connectivity index (χ2v) is 9.00. The summed E-state index contributed by atoms with van der Waals surface area (Å²) in [6.45, 7) is 1.98. The Morgan fingerprint density at radius 2 is 1.83 bits per heavy atom. The topological polar surface area (TPSA) is 113 Å². The maximum absolute atomic E-state index is 14.0. The molecule has 0 unspecified atom stereocenters. The Balaban J connectivity index is 1.65. The molecule has 3 aliphatic heterocycles. The van der Waals surface area contributed by atoms with E-state index in [1.165, 1.54) is 14.2 Å². The van der Waals surface area contributed by atoms with Crippen molar-refractivity contribution in [3.8, 4) is 23.0 Å². The van der Waals surface area contributed by atoms with Crippen LogP contribution >= 0.6 is 0 Å². The lowest BCUT2D eigenvalue weighted by Gasteiger charge is -2.32. The summed E-state index contributed by atoms with van der Waals surface area (Å²) < 4.78 is 26.9. The van der Waals surface area contributed by atoms with Gasteiger partial charge in [0.05, 0.1) is 38.9 Å². The number of benzene rings is 2. The van der Waals surface area contributed by atoms with Crippen LogP contribution in [0.1, 0.15) is 31.4 Å². The van der Waals surface area contributed by atoms with Crippen LogP contribution in [0.2, 0.25) is 0 Å². The zero-order chi connectivity index (χ0) is 25.6. The number of rotatable bonds is 7.